The zero-order valence-electron chi connectivity index (χ0n) is 12.2. The minimum absolute atomic E-state index is 0.290. The number of methoxy groups -OCH3 is 2. The molecule has 3 N–H and O–H groups in total. The summed E-state index contributed by atoms with van der Waals surface area (Å²) < 4.78 is 11.9. The zero-order valence-corrected chi connectivity index (χ0v) is 12.2. The number of nitrogens with zero attached hydrogens (tertiary/aromatic N) is 2. The molecule has 0 saturated heterocycles. The van der Waals surface area contributed by atoms with E-state index in [1.165, 1.54) is 14.2 Å². The van der Waals surface area contributed by atoms with Crippen LogP contribution in [-0.2, 0) is 13.6 Å². The van der Waals surface area contributed by atoms with Crippen molar-refractivity contribution in [1.29, 1.82) is 0 Å². The average Bonchev–Trinajstić information content (AvgIpc) is 2.86. The number of ether oxygens (including phenoxy) is 2. The number of carbonyl (C=O) groups excluding carboxylic acids is 1. The number of benzene rings is 1. The van der Waals surface area contributed by atoms with Crippen molar-refractivity contribution in [3.8, 4) is 11.5 Å². The van der Waals surface area contributed by atoms with Crippen molar-refractivity contribution in [3.63, 3.8) is 0 Å². The Morgan fingerprint density at radius 3 is 2.76 bits per heavy atom. The smallest absolute Gasteiger partial charge is 0.260 e. The lowest BCUT2D eigenvalue weighted by molar-refractivity contribution is 0.102. The average molecular weight is 290 g/mol. The van der Waals surface area contributed by atoms with Gasteiger partial charge in [0.05, 0.1) is 19.8 Å². The molecule has 0 saturated carbocycles. The number of hydrogen-bond donors (Lipinski definition) is 2. The van der Waals surface area contributed by atoms with Gasteiger partial charge in [-0.05, 0) is 18.2 Å². The number of nitrogens with two attached hydrogens (primary N) is 1. The summed E-state index contributed by atoms with van der Waals surface area (Å²) in [6, 6.07) is 5.01. The fourth-order valence-corrected chi connectivity index (χ4v) is 1.96. The molecular weight excluding hydrogens is 272 g/mol. The van der Waals surface area contributed by atoms with E-state index in [-0.39, 0.29) is 5.91 Å². The molecule has 0 radical (unpaired) electrons. The minimum atomic E-state index is -0.334. The summed E-state index contributed by atoms with van der Waals surface area (Å²) in [6.45, 7) is 0.290. The molecule has 112 valence electrons. The van der Waals surface area contributed by atoms with E-state index in [1.807, 2.05) is 0 Å². The van der Waals surface area contributed by atoms with E-state index in [2.05, 4.69) is 10.4 Å². The Hall–Kier alpha value is -2.54. The molecule has 21 heavy (non-hydrogen) atoms. The van der Waals surface area contributed by atoms with Crippen molar-refractivity contribution in [3.05, 3.63) is 35.5 Å². The zero-order chi connectivity index (χ0) is 15.4. The lowest BCUT2D eigenvalue weighted by Crippen LogP contribution is -2.15. The van der Waals surface area contributed by atoms with Crippen molar-refractivity contribution in [2.45, 2.75) is 6.54 Å². The van der Waals surface area contributed by atoms with Crippen LogP contribution in [0.5, 0.6) is 11.5 Å². The molecule has 0 fully saturated rings. The molecule has 7 nitrogen and oxygen atoms in total. The van der Waals surface area contributed by atoms with Crippen molar-refractivity contribution >= 4 is 11.7 Å². The Balaban J connectivity index is 2.31. The number of amides is 1. The molecule has 0 aliphatic carbocycles. The standard InChI is InChI=1S/C14H18N4O3/c1-18-8-9(7-15)13(17-18)16-14(19)11-6-10(20-2)4-5-12(11)21-3/h4-6,8H,7,15H2,1-3H3,(H,16,17,19). The molecule has 0 aliphatic rings. The van der Waals surface area contributed by atoms with Gasteiger partial charge in [0.15, 0.2) is 5.82 Å². The largest absolute Gasteiger partial charge is 0.497 e. The van der Waals surface area contributed by atoms with Crippen molar-refractivity contribution < 1.29 is 14.3 Å². The summed E-state index contributed by atoms with van der Waals surface area (Å²) in [5.74, 6) is 1.13. The molecule has 1 aromatic heterocycles. The Bertz CT molecular complexity index is 652. The lowest BCUT2D eigenvalue weighted by Gasteiger charge is -2.10. The highest BCUT2D eigenvalue weighted by Gasteiger charge is 2.16. The van der Waals surface area contributed by atoms with Crippen LogP contribution in [0.15, 0.2) is 24.4 Å². The number of aryl methyl sites for hydroxylation is 1. The van der Waals surface area contributed by atoms with Gasteiger partial charge < -0.3 is 20.5 Å². The normalized spacial score (nSPS) is 10.3. The van der Waals surface area contributed by atoms with E-state index in [4.69, 9.17) is 15.2 Å². The predicted molar refractivity (Wildman–Crippen MR) is 78.6 cm³/mol. The van der Waals surface area contributed by atoms with Gasteiger partial charge in [0.25, 0.3) is 5.91 Å². The Kier molecular flexibility index (Phi) is 4.44. The maximum Gasteiger partial charge on any atom is 0.260 e. The number of rotatable bonds is 5. The third-order valence-electron chi connectivity index (χ3n) is 3.01. The summed E-state index contributed by atoms with van der Waals surface area (Å²) in [5, 5.41) is 6.92. The molecule has 0 spiro atoms. The highest BCUT2D eigenvalue weighted by atomic mass is 16.5. The molecule has 0 atom stereocenters. The van der Waals surface area contributed by atoms with E-state index in [0.717, 1.165) is 5.56 Å². The SMILES string of the molecule is COc1ccc(OC)c(C(=O)Nc2nn(C)cc2CN)c1. The van der Waals surface area contributed by atoms with Gasteiger partial charge in [0.2, 0.25) is 0 Å². The molecule has 2 aromatic rings. The van der Waals surface area contributed by atoms with Crippen molar-refractivity contribution in [2.75, 3.05) is 19.5 Å². The number of nitrogens with one attached hydrogen (secondary N) is 1. The van der Waals surface area contributed by atoms with Crippen LogP contribution in [0.1, 0.15) is 15.9 Å². The van der Waals surface area contributed by atoms with E-state index >= 15 is 0 Å². The summed E-state index contributed by atoms with van der Waals surface area (Å²) in [6.07, 6.45) is 1.76. The maximum absolute atomic E-state index is 12.4. The number of aromatic nitrogens is 2. The third kappa shape index (κ3) is 3.14. The second-order valence-corrected chi connectivity index (χ2v) is 4.40. The third-order valence-corrected chi connectivity index (χ3v) is 3.01. The van der Waals surface area contributed by atoms with Crippen LogP contribution in [0.4, 0.5) is 5.82 Å². The summed E-state index contributed by atoms with van der Waals surface area (Å²) in [5.41, 5.74) is 6.75. The van der Waals surface area contributed by atoms with E-state index < -0.39 is 0 Å². The summed E-state index contributed by atoms with van der Waals surface area (Å²) in [7, 11) is 4.81. The van der Waals surface area contributed by atoms with Gasteiger partial charge in [-0.15, -0.1) is 0 Å². The van der Waals surface area contributed by atoms with Crippen LogP contribution in [0.25, 0.3) is 0 Å². The molecule has 0 unspecified atom stereocenters. The molecule has 1 amide bonds. The first-order valence-electron chi connectivity index (χ1n) is 6.35. The topological polar surface area (TPSA) is 91.4 Å². The van der Waals surface area contributed by atoms with Crippen LogP contribution < -0.4 is 20.5 Å². The summed E-state index contributed by atoms with van der Waals surface area (Å²) in [4.78, 5) is 12.4. The Morgan fingerprint density at radius 2 is 2.14 bits per heavy atom. The fraction of sp³-hybridized carbons (Fsp3) is 0.286. The summed E-state index contributed by atoms with van der Waals surface area (Å²) >= 11 is 0. The van der Waals surface area contributed by atoms with Crippen LogP contribution in [0.3, 0.4) is 0 Å². The van der Waals surface area contributed by atoms with Gasteiger partial charge in [-0.25, -0.2) is 0 Å². The predicted octanol–water partition coefficient (Wildman–Crippen LogP) is 1.15. The Labute approximate surface area is 122 Å². The van der Waals surface area contributed by atoms with Crippen molar-refractivity contribution in [2.24, 2.45) is 12.8 Å². The quantitative estimate of drug-likeness (QED) is 0.862. The highest BCUT2D eigenvalue weighted by Crippen LogP contribution is 2.25. The minimum Gasteiger partial charge on any atom is -0.497 e. The lowest BCUT2D eigenvalue weighted by atomic mass is 10.1. The highest BCUT2D eigenvalue weighted by molar-refractivity contribution is 6.06. The van der Waals surface area contributed by atoms with Gasteiger partial charge in [0, 0.05) is 25.4 Å². The Morgan fingerprint density at radius 1 is 1.38 bits per heavy atom. The van der Waals surface area contributed by atoms with Gasteiger partial charge in [-0.2, -0.15) is 5.10 Å². The monoisotopic (exact) mass is 290 g/mol. The van der Waals surface area contributed by atoms with Crippen LogP contribution in [-0.4, -0.2) is 29.9 Å². The van der Waals surface area contributed by atoms with Gasteiger partial charge in [0.1, 0.15) is 11.5 Å². The first kappa shape index (κ1) is 14.9. The molecular formula is C14H18N4O3. The van der Waals surface area contributed by atoms with Crippen molar-refractivity contribution in [1.82, 2.24) is 9.78 Å². The molecule has 2 rings (SSSR count). The maximum atomic E-state index is 12.4. The second-order valence-electron chi connectivity index (χ2n) is 4.40. The number of anilines is 1. The molecule has 7 heteroatoms. The second kappa shape index (κ2) is 6.27. The first-order chi connectivity index (χ1) is 10.1. The van der Waals surface area contributed by atoms with Gasteiger partial charge in [-0.3, -0.25) is 9.48 Å². The van der Waals surface area contributed by atoms with Crippen LogP contribution in [0.2, 0.25) is 0 Å². The molecule has 0 aliphatic heterocycles. The van der Waals surface area contributed by atoms with Gasteiger partial charge >= 0.3 is 0 Å². The van der Waals surface area contributed by atoms with E-state index in [1.54, 1.807) is 36.1 Å². The van der Waals surface area contributed by atoms with E-state index in [0.29, 0.717) is 29.4 Å². The number of carbonyl (C=O) groups is 1. The first-order valence-corrected chi connectivity index (χ1v) is 6.35. The number of hydrogen-bond acceptors (Lipinski definition) is 5. The van der Waals surface area contributed by atoms with Crippen LogP contribution in [0, 0.1) is 0 Å². The van der Waals surface area contributed by atoms with Gasteiger partial charge in [-0.1, -0.05) is 0 Å². The fourth-order valence-electron chi connectivity index (χ4n) is 1.96. The molecule has 1 aromatic carbocycles. The van der Waals surface area contributed by atoms with Crippen LogP contribution >= 0.6 is 0 Å². The molecule has 1 heterocycles. The van der Waals surface area contributed by atoms with E-state index in [9.17, 15) is 4.79 Å². The molecule has 0 bridgehead atoms.